The summed E-state index contributed by atoms with van der Waals surface area (Å²) in [7, 11) is -4.00. The first-order valence-electron chi connectivity index (χ1n) is 6.95. The molecule has 3 rings (SSSR count). The number of nitrogen functional groups attached to an aromatic ring is 1. The topological polar surface area (TPSA) is 97.9 Å². The third-order valence-corrected chi connectivity index (χ3v) is 5.62. The van der Waals surface area contributed by atoms with E-state index in [0.717, 1.165) is 30.5 Å². The highest BCUT2D eigenvalue weighted by molar-refractivity contribution is 8.12. The van der Waals surface area contributed by atoms with E-state index >= 15 is 0 Å². The Morgan fingerprint density at radius 3 is 2.42 bits per heavy atom. The van der Waals surface area contributed by atoms with Crippen LogP contribution in [0, 0.1) is 0 Å². The molecule has 26 heavy (non-hydrogen) atoms. The summed E-state index contributed by atoms with van der Waals surface area (Å²) in [5.74, 6) is 0.303. The van der Waals surface area contributed by atoms with Crippen LogP contribution < -0.4 is 15.5 Å². The van der Waals surface area contributed by atoms with Crippen molar-refractivity contribution in [1.82, 2.24) is 4.98 Å². The maximum atomic E-state index is 12.6. The lowest BCUT2D eigenvalue weighted by molar-refractivity contribution is -0.274. The fraction of sp³-hybridized carbons (Fsp3) is 0.143. The smallest absolute Gasteiger partial charge is 0.406 e. The Kier molecular flexibility index (Phi) is 4.71. The molecule has 1 aromatic heterocycles. The van der Waals surface area contributed by atoms with Crippen LogP contribution in [0.1, 0.15) is 0 Å². The van der Waals surface area contributed by atoms with Crippen molar-refractivity contribution in [3.63, 3.8) is 0 Å². The molecule has 0 saturated heterocycles. The van der Waals surface area contributed by atoms with Crippen LogP contribution in [0.3, 0.4) is 0 Å². The SMILES string of the molecule is Nc1cc(S(=O)(=O)c2ccc(OC(F)(F)F)cc2)cnc1N1CSC=N1. The predicted molar refractivity (Wildman–Crippen MR) is 90.7 cm³/mol. The second kappa shape index (κ2) is 6.68. The standard InChI is InChI=1S/C14H11F3N4O3S2/c15-14(16,17)24-9-1-3-10(4-2-9)26(22,23)11-5-12(18)13(19-6-11)21-8-25-7-20-21/h1-7H,8,18H2. The number of aromatic nitrogens is 1. The number of pyridine rings is 1. The van der Waals surface area contributed by atoms with Crippen molar-refractivity contribution >= 4 is 38.7 Å². The lowest BCUT2D eigenvalue weighted by Crippen LogP contribution is -2.17. The van der Waals surface area contributed by atoms with Crippen LogP contribution in [0.15, 0.2) is 51.4 Å². The van der Waals surface area contributed by atoms with Gasteiger partial charge in [-0.25, -0.2) is 18.4 Å². The number of alkyl halides is 3. The van der Waals surface area contributed by atoms with Crippen molar-refractivity contribution in [3.8, 4) is 5.75 Å². The molecule has 0 atom stereocenters. The summed E-state index contributed by atoms with van der Waals surface area (Å²) in [6.45, 7) is 0. The van der Waals surface area contributed by atoms with Gasteiger partial charge in [-0.3, -0.25) is 0 Å². The number of hydrazone groups is 1. The van der Waals surface area contributed by atoms with Crippen molar-refractivity contribution in [1.29, 1.82) is 0 Å². The lowest BCUT2D eigenvalue weighted by atomic mass is 10.3. The zero-order chi connectivity index (χ0) is 18.9. The molecule has 0 bridgehead atoms. The summed E-state index contributed by atoms with van der Waals surface area (Å²) in [4.78, 5) is 3.65. The average Bonchev–Trinajstić information content (AvgIpc) is 3.08. The van der Waals surface area contributed by atoms with E-state index in [1.54, 1.807) is 5.55 Å². The molecule has 138 valence electrons. The molecule has 0 unspecified atom stereocenters. The molecule has 0 radical (unpaired) electrons. The average molecular weight is 404 g/mol. The minimum Gasteiger partial charge on any atom is -0.406 e. The highest BCUT2D eigenvalue weighted by atomic mass is 32.2. The Morgan fingerprint density at radius 2 is 1.88 bits per heavy atom. The maximum Gasteiger partial charge on any atom is 0.573 e. The normalized spacial score (nSPS) is 14.7. The zero-order valence-corrected chi connectivity index (χ0v) is 14.5. The van der Waals surface area contributed by atoms with E-state index in [0.29, 0.717) is 11.7 Å². The molecule has 0 fully saturated rings. The van der Waals surface area contributed by atoms with E-state index in [9.17, 15) is 21.6 Å². The number of hydrogen-bond donors (Lipinski definition) is 1. The maximum absolute atomic E-state index is 12.6. The number of benzene rings is 1. The van der Waals surface area contributed by atoms with Gasteiger partial charge >= 0.3 is 6.36 Å². The number of halogens is 3. The van der Waals surface area contributed by atoms with Crippen LogP contribution >= 0.6 is 11.8 Å². The van der Waals surface area contributed by atoms with Crippen molar-refractivity contribution in [3.05, 3.63) is 36.5 Å². The van der Waals surface area contributed by atoms with Crippen LogP contribution in [-0.2, 0) is 9.84 Å². The van der Waals surface area contributed by atoms with Crippen LogP contribution in [0.25, 0.3) is 0 Å². The van der Waals surface area contributed by atoms with Crippen LogP contribution in [0.2, 0.25) is 0 Å². The highest BCUT2D eigenvalue weighted by Crippen LogP contribution is 2.30. The molecule has 1 aromatic carbocycles. The first-order chi connectivity index (χ1) is 12.2. The van der Waals surface area contributed by atoms with Crippen molar-refractivity contribution in [2.45, 2.75) is 16.2 Å². The van der Waals surface area contributed by atoms with Gasteiger partial charge in [0.25, 0.3) is 0 Å². The number of anilines is 2. The van der Waals surface area contributed by atoms with Crippen molar-refractivity contribution in [2.24, 2.45) is 5.10 Å². The second-order valence-corrected chi connectivity index (χ2v) is 7.77. The molecule has 0 amide bonds. The summed E-state index contributed by atoms with van der Waals surface area (Å²) in [5.41, 5.74) is 7.59. The first-order valence-corrected chi connectivity index (χ1v) is 9.48. The molecule has 2 heterocycles. The zero-order valence-electron chi connectivity index (χ0n) is 12.8. The molecule has 0 saturated carbocycles. The fourth-order valence-electron chi connectivity index (χ4n) is 2.12. The number of rotatable bonds is 4. The minimum atomic E-state index is -4.86. The van der Waals surface area contributed by atoms with Gasteiger partial charge < -0.3 is 10.5 Å². The van der Waals surface area contributed by atoms with Crippen LogP contribution in [0.5, 0.6) is 5.75 Å². The number of hydrogen-bond acceptors (Lipinski definition) is 8. The van der Waals surface area contributed by atoms with E-state index in [1.165, 1.54) is 22.8 Å². The Hall–Kier alpha value is -2.47. The third kappa shape index (κ3) is 3.85. The summed E-state index contributed by atoms with van der Waals surface area (Å²) >= 11 is 1.43. The van der Waals surface area contributed by atoms with Gasteiger partial charge in [0, 0.05) is 6.20 Å². The van der Waals surface area contributed by atoms with E-state index < -0.39 is 21.9 Å². The Bertz CT molecular complexity index is 947. The highest BCUT2D eigenvalue weighted by Gasteiger charge is 2.31. The van der Waals surface area contributed by atoms with Crippen LogP contribution in [-0.4, -0.2) is 31.2 Å². The van der Waals surface area contributed by atoms with Gasteiger partial charge in [-0.15, -0.1) is 13.2 Å². The summed E-state index contributed by atoms with van der Waals surface area (Å²) in [6.07, 6.45) is -3.73. The monoisotopic (exact) mass is 404 g/mol. The van der Waals surface area contributed by atoms with E-state index in [1.807, 2.05) is 0 Å². The van der Waals surface area contributed by atoms with Crippen LogP contribution in [0.4, 0.5) is 24.7 Å². The Balaban J connectivity index is 1.88. The molecule has 2 N–H and O–H groups in total. The number of ether oxygens (including phenoxy) is 1. The van der Waals surface area contributed by atoms with Crippen molar-refractivity contribution < 1.29 is 26.3 Å². The molecular formula is C14H11F3N4O3S2. The molecule has 0 aliphatic carbocycles. The van der Waals surface area contributed by atoms with Gasteiger partial charge in [0.1, 0.15) is 5.75 Å². The predicted octanol–water partition coefficient (Wildman–Crippen LogP) is 2.85. The van der Waals surface area contributed by atoms with E-state index in [2.05, 4.69) is 14.8 Å². The number of nitrogens with two attached hydrogens (primary N) is 1. The summed E-state index contributed by atoms with van der Waals surface area (Å²) in [6, 6.07) is 5.10. The largest absolute Gasteiger partial charge is 0.573 e. The van der Waals surface area contributed by atoms with E-state index in [4.69, 9.17) is 5.73 Å². The minimum absolute atomic E-state index is 0.114. The molecule has 1 aliphatic rings. The van der Waals surface area contributed by atoms with Gasteiger partial charge in [0.05, 0.1) is 26.9 Å². The summed E-state index contributed by atoms with van der Waals surface area (Å²) in [5, 5.41) is 5.54. The lowest BCUT2D eigenvalue weighted by Gasteiger charge is -2.15. The van der Waals surface area contributed by atoms with Gasteiger partial charge in [-0.2, -0.15) is 5.10 Å². The Labute approximate surface area is 150 Å². The van der Waals surface area contributed by atoms with Gasteiger partial charge in [-0.1, -0.05) is 11.8 Å². The number of nitrogens with zero attached hydrogens (tertiary/aromatic N) is 3. The van der Waals surface area contributed by atoms with E-state index in [-0.39, 0.29) is 15.5 Å². The fourth-order valence-corrected chi connectivity index (χ4v) is 3.93. The molecule has 12 heteroatoms. The first kappa shape index (κ1) is 18.3. The molecule has 2 aromatic rings. The molecule has 1 aliphatic heterocycles. The Morgan fingerprint density at radius 1 is 1.19 bits per heavy atom. The van der Waals surface area contributed by atoms with Crippen molar-refractivity contribution in [2.75, 3.05) is 16.6 Å². The van der Waals surface area contributed by atoms with Gasteiger partial charge in [-0.05, 0) is 30.3 Å². The summed E-state index contributed by atoms with van der Waals surface area (Å²) < 4.78 is 65.5. The van der Waals surface area contributed by atoms with Gasteiger partial charge in [0.2, 0.25) is 9.84 Å². The second-order valence-electron chi connectivity index (χ2n) is 5.02. The van der Waals surface area contributed by atoms with Gasteiger partial charge in [0.15, 0.2) is 5.82 Å². The molecule has 7 nitrogen and oxygen atoms in total. The number of sulfone groups is 1. The molecule has 0 spiro atoms. The quantitative estimate of drug-likeness (QED) is 0.837. The number of thioether (sulfide) groups is 1. The molecular weight excluding hydrogens is 393 g/mol. The third-order valence-electron chi connectivity index (χ3n) is 3.25.